The van der Waals surface area contributed by atoms with Crippen LogP contribution in [0.1, 0.15) is 48.1 Å². The molecule has 1 aromatic carbocycles. The second kappa shape index (κ2) is 6.97. The van der Waals surface area contributed by atoms with Crippen LogP contribution in [0.15, 0.2) is 35.1 Å². The molecule has 4 nitrogen and oxygen atoms in total. The van der Waals surface area contributed by atoms with Gasteiger partial charge >= 0.3 is 0 Å². The Hall–Kier alpha value is -1.98. The number of aromatic nitrogens is 2. The van der Waals surface area contributed by atoms with Crippen molar-refractivity contribution in [2.24, 2.45) is 5.92 Å². The number of benzene rings is 1. The second-order valence-electron chi connectivity index (χ2n) is 7.56. The van der Waals surface area contributed by atoms with E-state index in [-0.39, 0.29) is 11.6 Å². The van der Waals surface area contributed by atoms with Crippen molar-refractivity contribution < 1.29 is 0 Å². The molecule has 26 heavy (non-hydrogen) atoms. The topological polar surface area (TPSA) is 49.0 Å². The molecule has 4 rings (SSSR count). The molecule has 0 unspecified atom stereocenters. The maximum Gasteiger partial charge on any atom is 0.259 e. The molecule has 2 atom stereocenters. The van der Waals surface area contributed by atoms with Crippen LogP contribution >= 0.6 is 11.3 Å². The van der Waals surface area contributed by atoms with E-state index in [4.69, 9.17) is 4.98 Å². The maximum atomic E-state index is 12.8. The van der Waals surface area contributed by atoms with E-state index < -0.39 is 0 Å². The molecule has 0 amide bonds. The number of thiophene rings is 1. The first-order valence-corrected chi connectivity index (χ1v) is 10.1. The van der Waals surface area contributed by atoms with E-state index in [9.17, 15) is 4.79 Å². The highest BCUT2D eigenvalue weighted by Crippen LogP contribution is 2.36. The summed E-state index contributed by atoms with van der Waals surface area (Å²) in [5.41, 5.74) is 2.52. The Kier molecular flexibility index (Phi) is 4.67. The first-order chi connectivity index (χ1) is 12.5. The average molecular weight is 368 g/mol. The minimum Gasteiger partial charge on any atom is -0.309 e. The van der Waals surface area contributed by atoms with Crippen molar-refractivity contribution in [2.45, 2.75) is 45.7 Å². The minimum atomic E-state index is 0.0250. The zero-order valence-electron chi connectivity index (χ0n) is 15.6. The van der Waals surface area contributed by atoms with Gasteiger partial charge in [-0.15, -0.1) is 11.3 Å². The van der Waals surface area contributed by atoms with Crippen LogP contribution in [0.3, 0.4) is 0 Å². The summed E-state index contributed by atoms with van der Waals surface area (Å²) in [4.78, 5) is 25.2. The van der Waals surface area contributed by atoms with Crippen molar-refractivity contribution in [3.8, 4) is 0 Å². The zero-order valence-corrected chi connectivity index (χ0v) is 16.4. The van der Waals surface area contributed by atoms with Gasteiger partial charge in [-0.3, -0.25) is 9.69 Å². The van der Waals surface area contributed by atoms with Crippen LogP contribution < -0.4 is 5.56 Å². The Morgan fingerprint density at radius 3 is 2.88 bits per heavy atom. The Morgan fingerprint density at radius 2 is 2.12 bits per heavy atom. The third-order valence-corrected chi connectivity index (χ3v) is 6.66. The number of nitrogens with one attached hydrogen (secondary N) is 1. The summed E-state index contributed by atoms with van der Waals surface area (Å²) in [5, 5.41) is 0.832. The van der Waals surface area contributed by atoms with Crippen LogP contribution in [0.5, 0.6) is 0 Å². The average Bonchev–Trinajstić information content (AvgIpc) is 2.99. The molecule has 136 valence electrons. The SMILES string of the molecule is C[C@@H]1CCc2c(sc3nc([C@H](C)N(C)Cc4ccccc4)[nH]c(=O)c23)C1. The number of fused-ring (bicyclic) bond motifs is 3. The second-order valence-corrected chi connectivity index (χ2v) is 8.64. The fourth-order valence-electron chi connectivity index (χ4n) is 3.78. The summed E-state index contributed by atoms with van der Waals surface area (Å²) < 4.78 is 0. The van der Waals surface area contributed by atoms with E-state index in [0.29, 0.717) is 5.92 Å². The van der Waals surface area contributed by atoms with Crippen LogP contribution in [0.25, 0.3) is 10.2 Å². The molecular weight excluding hydrogens is 342 g/mol. The molecule has 0 saturated heterocycles. The fraction of sp³-hybridized carbons (Fsp3) is 0.429. The lowest BCUT2D eigenvalue weighted by Gasteiger charge is -2.24. The Balaban J connectivity index is 1.65. The molecule has 0 fully saturated rings. The first-order valence-electron chi connectivity index (χ1n) is 9.31. The third kappa shape index (κ3) is 3.21. The van der Waals surface area contributed by atoms with Crippen LogP contribution in [-0.2, 0) is 19.4 Å². The van der Waals surface area contributed by atoms with Gasteiger partial charge < -0.3 is 4.98 Å². The number of hydrogen-bond acceptors (Lipinski definition) is 4. The van der Waals surface area contributed by atoms with E-state index in [0.717, 1.165) is 41.8 Å². The Bertz CT molecular complexity index is 976. The van der Waals surface area contributed by atoms with Crippen LogP contribution in [0, 0.1) is 5.92 Å². The van der Waals surface area contributed by atoms with Gasteiger partial charge in [-0.25, -0.2) is 4.98 Å². The predicted octanol–water partition coefficient (Wildman–Crippen LogP) is 4.30. The Morgan fingerprint density at radius 1 is 1.35 bits per heavy atom. The highest BCUT2D eigenvalue weighted by molar-refractivity contribution is 7.18. The number of H-pyrrole nitrogens is 1. The molecule has 5 heteroatoms. The van der Waals surface area contributed by atoms with Crippen molar-refractivity contribution in [3.05, 3.63) is 62.5 Å². The van der Waals surface area contributed by atoms with Crippen LogP contribution in [0.2, 0.25) is 0 Å². The summed E-state index contributed by atoms with van der Waals surface area (Å²) in [6, 6.07) is 10.4. The van der Waals surface area contributed by atoms with Gasteiger partial charge in [-0.1, -0.05) is 37.3 Å². The van der Waals surface area contributed by atoms with Gasteiger partial charge in [-0.2, -0.15) is 0 Å². The molecule has 0 aliphatic heterocycles. The summed E-state index contributed by atoms with van der Waals surface area (Å²) in [6.07, 6.45) is 3.24. The van der Waals surface area contributed by atoms with Gasteiger partial charge in [0.1, 0.15) is 10.7 Å². The lowest BCUT2D eigenvalue weighted by molar-refractivity contribution is 0.244. The smallest absolute Gasteiger partial charge is 0.259 e. The Labute approximate surface area is 157 Å². The standard InChI is InChI=1S/C21H25N3OS/c1-13-9-10-16-17(11-13)26-21-18(16)20(25)22-19(23-21)14(2)24(3)12-15-7-5-4-6-8-15/h4-8,13-14H,9-12H2,1-3H3,(H,22,23,25)/t13-,14+/m1/s1. The van der Waals surface area contributed by atoms with Gasteiger partial charge in [0.2, 0.25) is 0 Å². The van der Waals surface area contributed by atoms with Crippen molar-refractivity contribution in [1.29, 1.82) is 0 Å². The molecule has 0 spiro atoms. The molecule has 0 radical (unpaired) electrons. The fourth-order valence-corrected chi connectivity index (χ4v) is 5.17. The van der Waals surface area contributed by atoms with Gasteiger partial charge in [0.15, 0.2) is 0 Å². The molecule has 1 aliphatic carbocycles. The van der Waals surface area contributed by atoms with Gasteiger partial charge in [0.05, 0.1) is 11.4 Å². The predicted molar refractivity (Wildman–Crippen MR) is 108 cm³/mol. The van der Waals surface area contributed by atoms with E-state index in [1.54, 1.807) is 11.3 Å². The number of hydrogen-bond donors (Lipinski definition) is 1. The van der Waals surface area contributed by atoms with Crippen LogP contribution in [0.4, 0.5) is 0 Å². The van der Waals surface area contributed by atoms with E-state index >= 15 is 0 Å². The number of nitrogens with zero attached hydrogens (tertiary/aromatic N) is 2. The largest absolute Gasteiger partial charge is 0.309 e. The first kappa shape index (κ1) is 17.4. The van der Waals surface area contributed by atoms with Crippen molar-refractivity contribution in [1.82, 2.24) is 14.9 Å². The highest BCUT2D eigenvalue weighted by atomic mass is 32.1. The maximum absolute atomic E-state index is 12.8. The number of aryl methyl sites for hydroxylation is 1. The lowest BCUT2D eigenvalue weighted by atomic mass is 9.89. The summed E-state index contributed by atoms with van der Waals surface area (Å²) in [7, 11) is 2.07. The number of aromatic amines is 1. The summed E-state index contributed by atoms with van der Waals surface area (Å²) in [6.45, 7) is 5.21. The van der Waals surface area contributed by atoms with Crippen LogP contribution in [-0.4, -0.2) is 21.9 Å². The van der Waals surface area contributed by atoms with Crippen molar-refractivity contribution in [3.63, 3.8) is 0 Å². The zero-order chi connectivity index (χ0) is 18.3. The molecule has 3 aromatic rings. The van der Waals surface area contributed by atoms with Gasteiger partial charge in [0, 0.05) is 11.4 Å². The molecule has 2 aromatic heterocycles. The van der Waals surface area contributed by atoms with E-state index in [1.165, 1.54) is 16.0 Å². The molecule has 2 heterocycles. The van der Waals surface area contributed by atoms with Gasteiger partial charge in [0.25, 0.3) is 5.56 Å². The highest BCUT2D eigenvalue weighted by Gasteiger charge is 2.24. The summed E-state index contributed by atoms with van der Waals surface area (Å²) >= 11 is 1.72. The quantitative estimate of drug-likeness (QED) is 0.748. The van der Waals surface area contributed by atoms with Crippen molar-refractivity contribution in [2.75, 3.05) is 7.05 Å². The number of rotatable bonds is 4. The third-order valence-electron chi connectivity index (χ3n) is 5.52. The molecular formula is C21H25N3OS. The molecule has 0 bridgehead atoms. The molecule has 1 aliphatic rings. The monoisotopic (exact) mass is 367 g/mol. The van der Waals surface area contributed by atoms with E-state index in [1.807, 2.05) is 6.07 Å². The molecule has 1 N–H and O–H groups in total. The normalized spacial score (nSPS) is 18.2. The lowest BCUT2D eigenvalue weighted by Crippen LogP contribution is -2.26. The van der Waals surface area contributed by atoms with Crippen molar-refractivity contribution >= 4 is 21.6 Å². The molecule has 0 saturated carbocycles. The summed E-state index contributed by atoms with van der Waals surface area (Å²) in [5.74, 6) is 1.46. The van der Waals surface area contributed by atoms with Gasteiger partial charge in [-0.05, 0) is 50.3 Å². The van der Waals surface area contributed by atoms with E-state index in [2.05, 4.69) is 55.0 Å². The minimum absolute atomic E-state index is 0.0250.